The number of benzene rings is 2. The highest BCUT2D eigenvalue weighted by Crippen LogP contribution is 2.14. The van der Waals surface area contributed by atoms with Crippen molar-refractivity contribution < 1.29 is 9.53 Å². The second-order valence-corrected chi connectivity index (χ2v) is 5.37. The first kappa shape index (κ1) is 16.4. The molecule has 0 aliphatic carbocycles. The smallest absolute Gasteiger partial charge is 0.338 e. The fourth-order valence-electron chi connectivity index (χ4n) is 2.11. The first-order valence-corrected chi connectivity index (χ1v) is 7.66. The van der Waals surface area contributed by atoms with Crippen LogP contribution in [0.5, 0.6) is 0 Å². The van der Waals surface area contributed by atoms with Gasteiger partial charge in [-0.3, -0.25) is 0 Å². The molecular formula is C18H17N5O2. The molecule has 0 fully saturated rings. The summed E-state index contributed by atoms with van der Waals surface area (Å²) < 4.78 is 5.22. The maximum absolute atomic E-state index is 12.0. The van der Waals surface area contributed by atoms with Crippen molar-refractivity contribution in [3.8, 4) is 0 Å². The molecular weight excluding hydrogens is 318 g/mol. The van der Waals surface area contributed by atoms with E-state index in [0.29, 0.717) is 11.5 Å². The molecule has 0 amide bonds. The predicted molar refractivity (Wildman–Crippen MR) is 94.3 cm³/mol. The molecule has 0 radical (unpaired) electrons. The number of nitrogens with zero attached hydrogens (tertiary/aromatic N) is 3. The van der Waals surface area contributed by atoms with Gasteiger partial charge in [-0.15, -0.1) is 0 Å². The molecule has 0 spiro atoms. The second kappa shape index (κ2) is 7.39. The molecule has 7 heteroatoms. The Kier molecular flexibility index (Phi) is 4.84. The third kappa shape index (κ3) is 4.51. The van der Waals surface area contributed by atoms with Crippen LogP contribution in [0.1, 0.15) is 21.7 Å². The van der Waals surface area contributed by atoms with Gasteiger partial charge in [-0.2, -0.15) is 15.0 Å². The number of nitrogen functional groups attached to an aromatic ring is 1. The van der Waals surface area contributed by atoms with E-state index in [1.165, 1.54) is 0 Å². The second-order valence-electron chi connectivity index (χ2n) is 5.37. The minimum absolute atomic E-state index is 0.0513. The van der Waals surface area contributed by atoms with Crippen molar-refractivity contribution in [3.05, 3.63) is 71.5 Å². The highest BCUT2D eigenvalue weighted by atomic mass is 16.5. The molecule has 3 N–H and O–H groups in total. The molecule has 0 bridgehead atoms. The maximum Gasteiger partial charge on any atom is 0.338 e. The van der Waals surface area contributed by atoms with Crippen molar-refractivity contribution in [3.63, 3.8) is 0 Å². The fourth-order valence-corrected chi connectivity index (χ4v) is 2.11. The van der Waals surface area contributed by atoms with Gasteiger partial charge in [-0.25, -0.2) is 4.79 Å². The van der Waals surface area contributed by atoms with Gasteiger partial charge in [0.15, 0.2) is 12.4 Å². The van der Waals surface area contributed by atoms with Crippen molar-refractivity contribution in [2.24, 2.45) is 0 Å². The SMILES string of the molecule is Cc1ccc(Nc2nc(N)nc(COC(=O)c3ccccc3)n2)cc1. The average Bonchev–Trinajstić information content (AvgIpc) is 2.62. The summed E-state index contributed by atoms with van der Waals surface area (Å²) in [4.78, 5) is 24.2. The molecule has 0 unspecified atom stereocenters. The van der Waals surface area contributed by atoms with Gasteiger partial charge in [0.1, 0.15) is 0 Å². The van der Waals surface area contributed by atoms with E-state index in [1.807, 2.05) is 37.3 Å². The van der Waals surface area contributed by atoms with Crippen LogP contribution in [-0.4, -0.2) is 20.9 Å². The van der Waals surface area contributed by atoms with Crippen LogP contribution in [0.4, 0.5) is 17.6 Å². The number of aromatic nitrogens is 3. The number of nitrogens with two attached hydrogens (primary N) is 1. The Bertz CT molecular complexity index is 866. The minimum atomic E-state index is -0.451. The maximum atomic E-state index is 12.0. The summed E-state index contributed by atoms with van der Waals surface area (Å²) >= 11 is 0. The summed E-state index contributed by atoms with van der Waals surface area (Å²) in [6, 6.07) is 16.5. The molecule has 0 saturated carbocycles. The summed E-state index contributed by atoms with van der Waals surface area (Å²) in [5, 5.41) is 3.05. The summed E-state index contributed by atoms with van der Waals surface area (Å²) in [5.74, 6) is 0.163. The van der Waals surface area contributed by atoms with Crippen LogP contribution in [0.2, 0.25) is 0 Å². The lowest BCUT2D eigenvalue weighted by Crippen LogP contribution is -2.11. The Morgan fingerprint density at radius 2 is 1.76 bits per heavy atom. The number of carbonyl (C=O) groups excluding carboxylic acids is 1. The molecule has 0 atom stereocenters. The van der Waals surface area contributed by atoms with Crippen molar-refractivity contribution >= 4 is 23.6 Å². The number of aryl methyl sites for hydroxylation is 1. The Labute approximate surface area is 144 Å². The van der Waals surface area contributed by atoms with Gasteiger partial charge in [-0.05, 0) is 31.2 Å². The van der Waals surface area contributed by atoms with Crippen LogP contribution in [0, 0.1) is 6.92 Å². The third-order valence-corrected chi connectivity index (χ3v) is 3.35. The lowest BCUT2D eigenvalue weighted by molar-refractivity contribution is 0.0462. The lowest BCUT2D eigenvalue weighted by Gasteiger charge is -2.08. The topological polar surface area (TPSA) is 103 Å². The van der Waals surface area contributed by atoms with Crippen molar-refractivity contribution in [2.75, 3.05) is 11.1 Å². The molecule has 0 aliphatic heterocycles. The first-order chi connectivity index (χ1) is 12.1. The number of esters is 1. The number of carbonyl (C=O) groups is 1. The molecule has 1 heterocycles. The van der Waals surface area contributed by atoms with Crippen molar-refractivity contribution in [1.29, 1.82) is 0 Å². The Hall–Kier alpha value is -3.48. The highest BCUT2D eigenvalue weighted by molar-refractivity contribution is 5.89. The highest BCUT2D eigenvalue weighted by Gasteiger charge is 2.10. The summed E-state index contributed by atoms with van der Waals surface area (Å²) in [5.41, 5.74) is 8.14. The molecule has 1 aromatic heterocycles. The van der Waals surface area contributed by atoms with Gasteiger partial charge in [0.25, 0.3) is 0 Å². The minimum Gasteiger partial charge on any atom is -0.454 e. The summed E-state index contributed by atoms with van der Waals surface area (Å²) in [6.07, 6.45) is 0. The zero-order valence-electron chi connectivity index (χ0n) is 13.6. The third-order valence-electron chi connectivity index (χ3n) is 3.35. The molecule has 25 heavy (non-hydrogen) atoms. The summed E-state index contributed by atoms with van der Waals surface area (Å²) in [7, 11) is 0. The molecule has 3 aromatic rings. The van der Waals surface area contributed by atoms with Gasteiger partial charge in [-0.1, -0.05) is 35.9 Å². The van der Waals surface area contributed by atoms with Crippen molar-refractivity contribution in [1.82, 2.24) is 15.0 Å². The molecule has 0 aliphatic rings. The zero-order valence-corrected chi connectivity index (χ0v) is 13.6. The summed E-state index contributed by atoms with van der Waals surface area (Å²) in [6.45, 7) is 1.91. The van der Waals surface area contributed by atoms with E-state index in [9.17, 15) is 4.79 Å². The Morgan fingerprint density at radius 3 is 2.48 bits per heavy atom. The number of anilines is 3. The quantitative estimate of drug-likeness (QED) is 0.691. The lowest BCUT2D eigenvalue weighted by atomic mass is 10.2. The van der Waals surface area contributed by atoms with Crippen LogP contribution in [-0.2, 0) is 11.3 Å². The van der Waals surface area contributed by atoms with Crippen LogP contribution in [0.3, 0.4) is 0 Å². The van der Waals surface area contributed by atoms with Crippen LogP contribution in [0.25, 0.3) is 0 Å². The van der Waals surface area contributed by atoms with E-state index < -0.39 is 5.97 Å². The van der Waals surface area contributed by atoms with E-state index in [4.69, 9.17) is 10.5 Å². The van der Waals surface area contributed by atoms with Gasteiger partial charge < -0.3 is 15.8 Å². The first-order valence-electron chi connectivity index (χ1n) is 7.66. The van der Waals surface area contributed by atoms with E-state index in [2.05, 4.69) is 20.3 Å². The molecule has 7 nitrogen and oxygen atoms in total. The van der Waals surface area contributed by atoms with Gasteiger partial charge >= 0.3 is 5.97 Å². The molecule has 0 saturated heterocycles. The molecule has 3 rings (SSSR count). The largest absolute Gasteiger partial charge is 0.454 e. The van der Waals surface area contributed by atoms with Gasteiger partial charge in [0.05, 0.1) is 5.56 Å². The monoisotopic (exact) mass is 335 g/mol. The number of nitrogens with one attached hydrogen (secondary N) is 1. The number of ether oxygens (including phenoxy) is 1. The van der Waals surface area contributed by atoms with Gasteiger partial charge in [0.2, 0.25) is 11.9 Å². The van der Waals surface area contributed by atoms with E-state index >= 15 is 0 Å². The Morgan fingerprint density at radius 1 is 1.04 bits per heavy atom. The fraction of sp³-hybridized carbons (Fsp3) is 0.111. The van der Waals surface area contributed by atoms with Crippen LogP contribution in [0.15, 0.2) is 54.6 Å². The predicted octanol–water partition coefficient (Wildman–Crippen LogP) is 2.86. The van der Waals surface area contributed by atoms with Crippen LogP contribution < -0.4 is 11.1 Å². The standard InChI is InChI=1S/C18H17N5O2/c1-12-7-9-14(10-8-12)20-18-22-15(21-17(19)23-18)11-25-16(24)13-5-3-2-4-6-13/h2-10H,11H2,1H3,(H3,19,20,21,22,23). The zero-order chi connectivity index (χ0) is 17.6. The van der Waals surface area contributed by atoms with E-state index in [-0.39, 0.29) is 18.4 Å². The number of hydrogen-bond acceptors (Lipinski definition) is 7. The van der Waals surface area contributed by atoms with E-state index in [0.717, 1.165) is 11.3 Å². The molecule has 126 valence electrons. The molecule has 2 aromatic carbocycles. The van der Waals surface area contributed by atoms with Crippen LogP contribution >= 0.6 is 0 Å². The van der Waals surface area contributed by atoms with Gasteiger partial charge in [0, 0.05) is 5.69 Å². The average molecular weight is 335 g/mol. The number of hydrogen-bond donors (Lipinski definition) is 2. The van der Waals surface area contributed by atoms with Crippen molar-refractivity contribution in [2.45, 2.75) is 13.5 Å². The normalized spacial score (nSPS) is 10.3. The Balaban J connectivity index is 1.69. The number of rotatable bonds is 5. The van der Waals surface area contributed by atoms with E-state index in [1.54, 1.807) is 24.3 Å².